The number of nitrogens with one attached hydrogen (secondary N) is 1. The largest absolute Gasteiger partial charge is 0.508 e. The van der Waals surface area contributed by atoms with Crippen LogP contribution in [0.2, 0.25) is 0 Å². The normalized spacial score (nSPS) is 9.53. The highest BCUT2D eigenvalue weighted by atomic mass is 35.5. The lowest BCUT2D eigenvalue weighted by Crippen LogP contribution is -2.12. The van der Waals surface area contributed by atoms with Gasteiger partial charge in [0.05, 0.1) is 0 Å². The van der Waals surface area contributed by atoms with Gasteiger partial charge in [0.15, 0.2) is 0 Å². The van der Waals surface area contributed by atoms with Gasteiger partial charge in [0, 0.05) is 18.3 Å². The van der Waals surface area contributed by atoms with E-state index in [1.807, 2.05) is 0 Å². The molecule has 19 heavy (non-hydrogen) atoms. The molecule has 1 heterocycles. The predicted molar refractivity (Wildman–Crippen MR) is 75.4 cm³/mol. The zero-order valence-electron chi connectivity index (χ0n) is 10.0. The molecule has 0 saturated carbocycles. The van der Waals surface area contributed by atoms with Gasteiger partial charge in [-0.05, 0) is 29.8 Å². The molecule has 5 nitrogen and oxygen atoms in total. The maximum atomic E-state index is 11.8. The molecule has 6 heteroatoms. The molecule has 1 amide bonds. The minimum Gasteiger partial charge on any atom is -0.508 e. The van der Waals surface area contributed by atoms with Crippen molar-refractivity contribution in [1.82, 2.24) is 4.98 Å². The second-order valence-electron chi connectivity index (χ2n) is 3.76. The van der Waals surface area contributed by atoms with Crippen molar-refractivity contribution in [3.05, 3.63) is 53.7 Å². The SMILES string of the molecule is Cl.NCc1ccc(NC(=O)c2cccc(O)c2)nc1. The Balaban J connectivity index is 0.00000180. The number of nitrogens with two attached hydrogens (primary N) is 1. The fourth-order valence-electron chi connectivity index (χ4n) is 1.45. The molecule has 0 aliphatic heterocycles. The lowest BCUT2D eigenvalue weighted by molar-refractivity contribution is 0.102. The van der Waals surface area contributed by atoms with Crippen LogP contribution >= 0.6 is 12.4 Å². The summed E-state index contributed by atoms with van der Waals surface area (Å²) in [6.45, 7) is 0.411. The van der Waals surface area contributed by atoms with E-state index >= 15 is 0 Å². The number of carbonyl (C=O) groups excluding carboxylic acids is 1. The molecule has 2 aromatic rings. The van der Waals surface area contributed by atoms with Crippen molar-refractivity contribution < 1.29 is 9.90 Å². The highest BCUT2D eigenvalue weighted by Gasteiger charge is 2.07. The lowest BCUT2D eigenvalue weighted by Gasteiger charge is -2.05. The molecule has 0 bridgehead atoms. The number of amides is 1. The molecule has 1 aromatic carbocycles. The number of aromatic hydroxyl groups is 1. The molecule has 0 radical (unpaired) electrons. The Morgan fingerprint density at radius 3 is 2.68 bits per heavy atom. The van der Waals surface area contributed by atoms with Crippen molar-refractivity contribution in [3.8, 4) is 5.75 Å². The first-order valence-corrected chi connectivity index (χ1v) is 5.44. The van der Waals surface area contributed by atoms with Crippen molar-refractivity contribution in [2.45, 2.75) is 6.54 Å². The summed E-state index contributed by atoms with van der Waals surface area (Å²) in [5, 5.41) is 11.9. The summed E-state index contributed by atoms with van der Waals surface area (Å²) in [7, 11) is 0. The standard InChI is InChI=1S/C13H13N3O2.ClH/c14-7-9-4-5-12(15-8-9)16-13(18)10-2-1-3-11(17)6-10;/h1-6,8,17H,7,14H2,(H,15,16,18);1H. The number of phenolic OH excluding ortho intramolecular Hbond substituents is 1. The van der Waals surface area contributed by atoms with Gasteiger partial charge in [0.25, 0.3) is 5.91 Å². The molecule has 0 fully saturated rings. The van der Waals surface area contributed by atoms with Gasteiger partial charge in [-0.1, -0.05) is 12.1 Å². The van der Waals surface area contributed by atoms with E-state index in [2.05, 4.69) is 10.3 Å². The fraction of sp³-hybridized carbons (Fsp3) is 0.0769. The van der Waals surface area contributed by atoms with E-state index in [4.69, 9.17) is 5.73 Å². The maximum Gasteiger partial charge on any atom is 0.256 e. The van der Waals surface area contributed by atoms with Gasteiger partial charge in [-0.3, -0.25) is 4.79 Å². The third-order valence-corrected chi connectivity index (χ3v) is 2.41. The fourth-order valence-corrected chi connectivity index (χ4v) is 1.45. The molecular formula is C13H14ClN3O2. The summed E-state index contributed by atoms with van der Waals surface area (Å²) in [6.07, 6.45) is 1.61. The Hall–Kier alpha value is -2.11. The first-order valence-electron chi connectivity index (χ1n) is 5.44. The third-order valence-electron chi connectivity index (χ3n) is 2.41. The summed E-state index contributed by atoms with van der Waals surface area (Å²) in [6, 6.07) is 9.60. The molecule has 0 aliphatic rings. The zero-order chi connectivity index (χ0) is 13.0. The first-order chi connectivity index (χ1) is 8.69. The van der Waals surface area contributed by atoms with Crippen molar-refractivity contribution in [2.24, 2.45) is 5.73 Å². The number of halogens is 1. The van der Waals surface area contributed by atoms with Crippen LogP contribution in [-0.4, -0.2) is 16.0 Å². The number of benzene rings is 1. The molecule has 1 aromatic heterocycles. The van der Waals surface area contributed by atoms with Crippen molar-refractivity contribution >= 4 is 24.1 Å². The van der Waals surface area contributed by atoms with E-state index in [0.29, 0.717) is 17.9 Å². The first kappa shape index (κ1) is 14.9. The van der Waals surface area contributed by atoms with Gasteiger partial charge < -0.3 is 16.2 Å². The highest BCUT2D eigenvalue weighted by Crippen LogP contribution is 2.13. The number of anilines is 1. The van der Waals surface area contributed by atoms with E-state index in [-0.39, 0.29) is 24.1 Å². The monoisotopic (exact) mass is 279 g/mol. The maximum absolute atomic E-state index is 11.8. The third kappa shape index (κ3) is 3.94. The average molecular weight is 280 g/mol. The molecule has 0 unspecified atom stereocenters. The summed E-state index contributed by atoms with van der Waals surface area (Å²) in [4.78, 5) is 15.9. The van der Waals surface area contributed by atoms with E-state index in [0.717, 1.165) is 5.56 Å². The van der Waals surface area contributed by atoms with Gasteiger partial charge in [-0.2, -0.15) is 0 Å². The molecule has 0 atom stereocenters. The zero-order valence-corrected chi connectivity index (χ0v) is 10.9. The van der Waals surface area contributed by atoms with Crippen LogP contribution in [-0.2, 0) is 6.54 Å². The van der Waals surface area contributed by atoms with Crippen LogP contribution in [0.5, 0.6) is 5.75 Å². The molecule has 4 N–H and O–H groups in total. The van der Waals surface area contributed by atoms with Crippen LogP contribution < -0.4 is 11.1 Å². The van der Waals surface area contributed by atoms with Crippen molar-refractivity contribution in [2.75, 3.05) is 5.32 Å². The number of rotatable bonds is 3. The molecule has 2 rings (SSSR count). The Kier molecular flexibility index (Phi) is 5.29. The van der Waals surface area contributed by atoms with E-state index in [1.54, 1.807) is 30.5 Å². The van der Waals surface area contributed by atoms with Crippen LogP contribution in [0, 0.1) is 0 Å². The number of aromatic nitrogens is 1. The Morgan fingerprint density at radius 2 is 2.11 bits per heavy atom. The molecular weight excluding hydrogens is 266 g/mol. The second-order valence-corrected chi connectivity index (χ2v) is 3.76. The minimum absolute atomic E-state index is 0. The van der Waals surface area contributed by atoms with Crippen molar-refractivity contribution in [1.29, 1.82) is 0 Å². The Bertz CT molecular complexity index is 558. The number of carbonyl (C=O) groups is 1. The number of pyridine rings is 1. The predicted octanol–water partition coefficient (Wildman–Crippen LogP) is 1.92. The lowest BCUT2D eigenvalue weighted by atomic mass is 10.2. The smallest absolute Gasteiger partial charge is 0.256 e. The highest BCUT2D eigenvalue weighted by molar-refractivity contribution is 6.03. The van der Waals surface area contributed by atoms with Gasteiger partial charge in [-0.25, -0.2) is 4.98 Å². The average Bonchev–Trinajstić information content (AvgIpc) is 2.39. The number of hydrogen-bond acceptors (Lipinski definition) is 4. The van der Waals surface area contributed by atoms with Gasteiger partial charge in [0.1, 0.15) is 11.6 Å². The van der Waals surface area contributed by atoms with Crippen LogP contribution in [0.4, 0.5) is 5.82 Å². The topological polar surface area (TPSA) is 88.2 Å². The minimum atomic E-state index is -0.320. The number of hydrogen-bond donors (Lipinski definition) is 3. The van der Waals surface area contributed by atoms with E-state index < -0.39 is 0 Å². The van der Waals surface area contributed by atoms with Crippen LogP contribution in [0.15, 0.2) is 42.6 Å². The van der Waals surface area contributed by atoms with Gasteiger partial charge >= 0.3 is 0 Å². The number of nitrogens with zero attached hydrogens (tertiary/aromatic N) is 1. The van der Waals surface area contributed by atoms with Crippen LogP contribution in [0.25, 0.3) is 0 Å². The van der Waals surface area contributed by atoms with E-state index in [9.17, 15) is 9.90 Å². The molecule has 0 spiro atoms. The Morgan fingerprint density at radius 1 is 1.32 bits per heavy atom. The summed E-state index contributed by atoms with van der Waals surface area (Å²) in [5.41, 5.74) is 6.72. The molecule has 100 valence electrons. The molecule has 0 saturated heterocycles. The number of phenols is 1. The van der Waals surface area contributed by atoms with E-state index in [1.165, 1.54) is 12.1 Å². The Labute approximate surface area is 116 Å². The van der Waals surface area contributed by atoms with Gasteiger partial charge in [-0.15, -0.1) is 12.4 Å². The summed E-state index contributed by atoms with van der Waals surface area (Å²) >= 11 is 0. The second kappa shape index (κ2) is 6.72. The quantitative estimate of drug-likeness (QED) is 0.801. The summed E-state index contributed by atoms with van der Waals surface area (Å²) < 4.78 is 0. The molecule has 0 aliphatic carbocycles. The van der Waals surface area contributed by atoms with Crippen molar-refractivity contribution in [3.63, 3.8) is 0 Å². The van der Waals surface area contributed by atoms with Crippen LogP contribution in [0.1, 0.15) is 15.9 Å². The summed E-state index contributed by atoms with van der Waals surface area (Å²) in [5.74, 6) is 0.175. The van der Waals surface area contributed by atoms with Gasteiger partial charge in [0.2, 0.25) is 0 Å². The van der Waals surface area contributed by atoms with Crippen LogP contribution in [0.3, 0.4) is 0 Å².